The van der Waals surface area contributed by atoms with Crippen molar-refractivity contribution in [3.63, 3.8) is 0 Å². The molecule has 0 bridgehead atoms. The van der Waals surface area contributed by atoms with E-state index in [2.05, 4.69) is 150 Å². The minimum Gasteiger partial charge on any atom is 0 e. The van der Waals surface area contributed by atoms with E-state index in [1.807, 2.05) is 48.8 Å². The Hall–Kier alpha value is -4.61. The summed E-state index contributed by atoms with van der Waals surface area (Å²) in [6.07, 6.45) is 3.92. The van der Waals surface area contributed by atoms with E-state index in [1.54, 1.807) is 0 Å². The van der Waals surface area contributed by atoms with Gasteiger partial charge >= 0.3 is 99.8 Å². The molecule has 8 aromatic rings. The first-order chi connectivity index (χ1) is 24.2. The summed E-state index contributed by atoms with van der Waals surface area (Å²) in [7, 11) is 0. The van der Waals surface area contributed by atoms with Crippen LogP contribution in [0.2, 0.25) is 17.3 Å². The van der Waals surface area contributed by atoms with Crippen molar-refractivity contribution in [2.75, 3.05) is 0 Å². The molecule has 3 heterocycles. The van der Waals surface area contributed by atoms with Crippen molar-refractivity contribution in [2.24, 2.45) is 0 Å². The first-order valence-electron chi connectivity index (χ1n) is 17.2. The molecule has 3 aromatic heterocycles. The zero-order valence-electron chi connectivity index (χ0n) is 29.6. The maximum absolute atomic E-state index is 6.12. The fraction of sp³-hybridized carbons (Fsp3) is 0.130. The van der Waals surface area contributed by atoms with Crippen LogP contribution in [0, 0.1) is 12.1 Å². The summed E-state index contributed by atoms with van der Waals surface area (Å²) in [5, 5.41) is 2.19. The van der Waals surface area contributed by atoms with Crippen molar-refractivity contribution in [3.05, 3.63) is 164 Å². The van der Waals surface area contributed by atoms with Gasteiger partial charge in [0.05, 0.1) is 5.58 Å². The molecule has 0 N–H and O–H groups in total. The summed E-state index contributed by atoms with van der Waals surface area (Å²) in [5.74, 6) is 7.60. The second kappa shape index (κ2) is 15.7. The first-order valence-corrected chi connectivity index (χ1v) is 24.5. The van der Waals surface area contributed by atoms with E-state index in [-0.39, 0.29) is 20.1 Å². The topological polar surface area (TPSA) is 38.9 Å². The Labute approximate surface area is 317 Å². The summed E-state index contributed by atoms with van der Waals surface area (Å²) in [6, 6.07) is 52.8. The predicted octanol–water partition coefficient (Wildman–Crippen LogP) is 12.0. The van der Waals surface area contributed by atoms with Gasteiger partial charge < -0.3 is 9.40 Å². The van der Waals surface area contributed by atoms with E-state index >= 15 is 0 Å². The number of hydrogen-bond acceptors (Lipinski definition) is 3. The molecule has 0 saturated carbocycles. The maximum Gasteiger partial charge on any atom is 0 e. The van der Waals surface area contributed by atoms with Crippen molar-refractivity contribution in [2.45, 2.75) is 37.0 Å². The normalized spacial score (nSPS) is 11.3. The second-order valence-electron chi connectivity index (χ2n) is 14.0. The molecular weight excluding hydrogens is 861 g/mol. The van der Waals surface area contributed by atoms with Crippen LogP contribution in [0.1, 0.15) is 25.3 Å². The number of rotatable bonds is 6. The monoisotopic (exact) mass is 903 g/mol. The van der Waals surface area contributed by atoms with Crippen LogP contribution in [0.25, 0.3) is 66.7 Å². The molecule has 8 rings (SSSR count). The Morgan fingerprint density at radius 1 is 0.588 bits per heavy atom. The zero-order chi connectivity index (χ0) is 34.7. The molecular formula is C46H40GeIrN2O-2. The number of benzene rings is 5. The predicted molar refractivity (Wildman–Crippen MR) is 212 cm³/mol. The molecule has 0 spiro atoms. The number of furan rings is 1. The van der Waals surface area contributed by atoms with Crippen molar-refractivity contribution in [3.8, 4) is 44.8 Å². The molecule has 0 saturated heterocycles. The number of aromatic nitrogens is 2. The van der Waals surface area contributed by atoms with Gasteiger partial charge in [0.25, 0.3) is 0 Å². The first kappa shape index (κ1) is 36.2. The molecule has 0 aliphatic rings. The van der Waals surface area contributed by atoms with Crippen molar-refractivity contribution in [1.82, 2.24) is 9.97 Å². The Morgan fingerprint density at radius 3 is 1.94 bits per heavy atom. The molecule has 0 aliphatic carbocycles. The molecule has 0 fully saturated rings. The van der Waals surface area contributed by atoms with E-state index < -0.39 is 13.3 Å². The van der Waals surface area contributed by atoms with E-state index in [0.29, 0.717) is 5.92 Å². The van der Waals surface area contributed by atoms with Gasteiger partial charge in [0.2, 0.25) is 0 Å². The van der Waals surface area contributed by atoms with Gasteiger partial charge in [-0.05, 0) is 52.1 Å². The van der Waals surface area contributed by atoms with Gasteiger partial charge in [-0.25, -0.2) is 0 Å². The van der Waals surface area contributed by atoms with Gasteiger partial charge in [0.1, 0.15) is 5.58 Å². The van der Waals surface area contributed by atoms with Gasteiger partial charge in [-0.15, -0.1) is 23.8 Å². The third kappa shape index (κ3) is 8.31. The molecule has 0 atom stereocenters. The Bertz CT molecular complexity index is 2360. The average Bonchev–Trinajstić information content (AvgIpc) is 3.53. The third-order valence-corrected chi connectivity index (χ3v) is 13.3. The van der Waals surface area contributed by atoms with Crippen LogP contribution in [-0.4, -0.2) is 23.2 Å². The minimum atomic E-state index is -1.72. The standard InChI is InChI=1S/C32H24NO.C14H16GeN.Ir/c1-21(2)25-16-17-33-30(20-25)27-13-15-32-29(19-27)28-18-26(12-14-31(28)34-32)24-10-8-23(9-11-24)22-6-4-3-5-7-22;1-15(2,3)13-9-10-14(16-11-13)12-7-5-4-6-8-12;/h3-12,14-21H,1-2H3;4-7,9-11H,1-3H3;/q2*-1;. The van der Waals surface area contributed by atoms with Crippen LogP contribution in [0.4, 0.5) is 0 Å². The van der Waals surface area contributed by atoms with E-state index in [0.717, 1.165) is 44.5 Å². The van der Waals surface area contributed by atoms with Crippen LogP contribution in [0.3, 0.4) is 0 Å². The SMILES string of the molecule is CC(C)c1ccnc(-c2[c-]cc3oc4ccc(-c5ccc(-c6ccccc6)cc5)cc4c3c2)c1.[CH3][Ge]([CH3])([CH3])[c]1ccc(-c2[c-]cccc2)nc1.[Ir]. The Morgan fingerprint density at radius 2 is 1.27 bits per heavy atom. The third-order valence-electron chi connectivity index (χ3n) is 9.07. The van der Waals surface area contributed by atoms with E-state index in [4.69, 9.17) is 4.42 Å². The van der Waals surface area contributed by atoms with Crippen LogP contribution >= 0.6 is 0 Å². The van der Waals surface area contributed by atoms with E-state index in [9.17, 15) is 0 Å². The second-order valence-corrected chi connectivity index (χ2v) is 24.6. The quantitative estimate of drug-likeness (QED) is 0.123. The minimum absolute atomic E-state index is 0. The fourth-order valence-electron chi connectivity index (χ4n) is 6.04. The van der Waals surface area contributed by atoms with Gasteiger partial charge in [-0.1, -0.05) is 91.5 Å². The largest absolute Gasteiger partial charge is 0 e. The van der Waals surface area contributed by atoms with Crippen molar-refractivity contribution < 1.29 is 24.5 Å². The smallest absolute Gasteiger partial charge is 0 e. The summed E-state index contributed by atoms with van der Waals surface area (Å²) in [5.41, 5.74) is 11.8. The van der Waals surface area contributed by atoms with Crippen molar-refractivity contribution in [1.29, 1.82) is 0 Å². The fourth-order valence-corrected chi connectivity index (χ4v) is 8.21. The average molecular weight is 902 g/mol. The molecule has 0 amide bonds. The van der Waals surface area contributed by atoms with E-state index in [1.165, 1.54) is 32.2 Å². The van der Waals surface area contributed by atoms with Crippen LogP contribution in [0.5, 0.6) is 0 Å². The van der Waals surface area contributed by atoms with Crippen molar-refractivity contribution >= 4 is 39.6 Å². The van der Waals surface area contributed by atoms with Crippen LogP contribution in [0.15, 0.2) is 150 Å². The van der Waals surface area contributed by atoms with Crippen LogP contribution in [-0.2, 0) is 20.1 Å². The molecule has 0 aliphatic heterocycles. The van der Waals surface area contributed by atoms with Gasteiger partial charge in [0, 0.05) is 31.7 Å². The molecule has 3 nitrogen and oxygen atoms in total. The Kier molecular flexibility index (Phi) is 11.2. The molecule has 255 valence electrons. The molecule has 1 radical (unpaired) electrons. The molecule has 0 unspecified atom stereocenters. The summed E-state index contributed by atoms with van der Waals surface area (Å²) >= 11 is -1.72. The van der Waals surface area contributed by atoms with Gasteiger partial charge in [0.15, 0.2) is 0 Å². The zero-order valence-corrected chi connectivity index (χ0v) is 34.1. The summed E-state index contributed by atoms with van der Waals surface area (Å²) in [4.78, 5) is 9.13. The number of nitrogens with zero attached hydrogens (tertiary/aromatic N) is 2. The maximum atomic E-state index is 6.12. The van der Waals surface area contributed by atoms with Gasteiger partial charge in [-0.2, -0.15) is 0 Å². The van der Waals surface area contributed by atoms with Crippen LogP contribution < -0.4 is 4.40 Å². The summed E-state index contributed by atoms with van der Waals surface area (Å²) < 4.78 is 7.57. The summed E-state index contributed by atoms with van der Waals surface area (Å²) in [6.45, 7) is 4.40. The Balaban J connectivity index is 0.000000222. The molecule has 5 heteroatoms. The molecule has 5 aromatic carbocycles. The van der Waals surface area contributed by atoms with Gasteiger partial charge in [-0.3, -0.25) is 0 Å². The number of hydrogen-bond donors (Lipinski definition) is 0. The molecule has 51 heavy (non-hydrogen) atoms. The number of fused-ring (bicyclic) bond motifs is 3. The number of pyridine rings is 2.